The maximum atomic E-state index is 11.9. The van der Waals surface area contributed by atoms with E-state index in [4.69, 9.17) is 0 Å². The van der Waals surface area contributed by atoms with E-state index in [1.165, 1.54) is 0 Å². The minimum atomic E-state index is -0.123. The minimum absolute atomic E-state index is 0.123. The Labute approximate surface area is 109 Å². The average molecular weight is 255 g/mol. The fourth-order valence-corrected chi connectivity index (χ4v) is 2.02. The van der Waals surface area contributed by atoms with Gasteiger partial charge in [0.2, 0.25) is 5.91 Å². The molecule has 6 heteroatoms. The van der Waals surface area contributed by atoms with E-state index in [1.807, 2.05) is 31.3 Å². The summed E-state index contributed by atoms with van der Waals surface area (Å²) in [6.07, 6.45) is 5.00. The number of carbonyl (C=O) groups is 1. The van der Waals surface area contributed by atoms with E-state index in [1.54, 1.807) is 28.0 Å². The first-order chi connectivity index (χ1) is 9.24. The van der Waals surface area contributed by atoms with Crippen molar-refractivity contribution in [2.45, 2.75) is 6.54 Å². The molecule has 0 aliphatic rings. The number of rotatable bonds is 3. The Morgan fingerprint density at radius 2 is 2.21 bits per heavy atom. The highest BCUT2D eigenvalue weighted by Gasteiger charge is 2.10. The van der Waals surface area contributed by atoms with Crippen molar-refractivity contribution in [3.05, 3.63) is 43.0 Å². The number of amides is 1. The van der Waals surface area contributed by atoms with Gasteiger partial charge in [-0.2, -0.15) is 5.10 Å². The number of nitrogens with zero attached hydrogens (tertiary/aromatic N) is 4. The van der Waals surface area contributed by atoms with Gasteiger partial charge in [0.05, 0.1) is 11.8 Å². The zero-order chi connectivity index (χ0) is 13.2. The van der Waals surface area contributed by atoms with Crippen molar-refractivity contribution in [3.8, 4) is 0 Å². The molecule has 0 aliphatic heterocycles. The molecular weight excluding hydrogens is 242 g/mol. The van der Waals surface area contributed by atoms with Gasteiger partial charge in [-0.05, 0) is 12.1 Å². The van der Waals surface area contributed by atoms with E-state index in [0.29, 0.717) is 5.82 Å². The molecular formula is C13H13N5O. The lowest BCUT2D eigenvalue weighted by molar-refractivity contribution is -0.116. The number of carbonyl (C=O) groups excluding carboxylic acids is 1. The van der Waals surface area contributed by atoms with Gasteiger partial charge in [-0.15, -0.1) is 0 Å². The van der Waals surface area contributed by atoms with Crippen LogP contribution in [0, 0.1) is 0 Å². The standard InChI is InChI=1S/C13H13N5O/c1-17-11-5-3-2-4-10(11)13(16-17)15-12(19)8-18-7-6-14-9-18/h2-7,9H,8H2,1H3,(H,15,16,19). The van der Waals surface area contributed by atoms with Crippen molar-refractivity contribution in [1.82, 2.24) is 19.3 Å². The minimum Gasteiger partial charge on any atom is -0.328 e. The molecule has 96 valence electrons. The molecule has 19 heavy (non-hydrogen) atoms. The normalized spacial score (nSPS) is 10.8. The van der Waals surface area contributed by atoms with Gasteiger partial charge in [0.1, 0.15) is 6.54 Å². The van der Waals surface area contributed by atoms with Crippen LogP contribution in [0.5, 0.6) is 0 Å². The van der Waals surface area contributed by atoms with Crippen LogP contribution in [0.3, 0.4) is 0 Å². The van der Waals surface area contributed by atoms with Gasteiger partial charge in [0, 0.05) is 24.8 Å². The van der Waals surface area contributed by atoms with E-state index >= 15 is 0 Å². The van der Waals surface area contributed by atoms with Gasteiger partial charge >= 0.3 is 0 Å². The monoisotopic (exact) mass is 255 g/mol. The molecule has 1 N–H and O–H groups in total. The summed E-state index contributed by atoms with van der Waals surface area (Å²) in [5, 5.41) is 8.08. The number of para-hydroxylation sites is 1. The number of imidazole rings is 1. The Balaban J connectivity index is 1.83. The van der Waals surface area contributed by atoms with E-state index < -0.39 is 0 Å². The largest absolute Gasteiger partial charge is 0.328 e. The molecule has 0 saturated carbocycles. The summed E-state index contributed by atoms with van der Waals surface area (Å²) >= 11 is 0. The molecule has 0 unspecified atom stereocenters. The third-order valence-electron chi connectivity index (χ3n) is 2.90. The number of hydrogen-bond donors (Lipinski definition) is 1. The fourth-order valence-electron chi connectivity index (χ4n) is 2.02. The molecule has 0 spiro atoms. The lowest BCUT2D eigenvalue weighted by Crippen LogP contribution is -2.18. The predicted molar refractivity (Wildman–Crippen MR) is 71.6 cm³/mol. The maximum Gasteiger partial charge on any atom is 0.245 e. The van der Waals surface area contributed by atoms with E-state index in [2.05, 4.69) is 15.4 Å². The van der Waals surface area contributed by atoms with Crippen LogP contribution in [0.1, 0.15) is 0 Å². The quantitative estimate of drug-likeness (QED) is 0.769. The van der Waals surface area contributed by atoms with Gasteiger partial charge in [0.15, 0.2) is 5.82 Å². The second-order valence-electron chi connectivity index (χ2n) is 4.27. The van der Waals surface area contributed by atoms with Crippen LogP contribution in [-0.2, 0) is 18.4 Å². The summed E-state index contributed by atoms with van der Waals surface area (Å²) in [6, 6.07) is 7.78. The number of aryl methyl sites for hydroxylation is 1. The molecule has 3 aromatic rings. The Kier molecular flexibility index (Phi) is 2.75. The number of nitrogens with one attached hydrogen (secondary N) is 1. The Morgan fingerprint density at radius 3 is 3.00 bits per heavy atom. The van der Waals surface area contributed by atoms with Crippen LogP contribution in [0.4, 0.5) is 5.82 Å². The number of fused-ring (bicyclic) bond motifs is 1. The first kappa shape index (κ1) is 11.5. The van der Waals surface area contributed by atoms with E-state index in [9.17, 15) is 4.79 Å². The lowest BCUT2D eigenvalue weighted by atomic mass is 10.2. The highest BCUT2D eigenvalue weighted by Crippen LogP contribution is 2.21. The van der Waals surface area contributed by atoms with E-state index in [0.717, 1.165) is 10.9 Å². The number of anilines is 1. The van der Waals surface area contributed by atoms with Crippen molar-refractivity contribution in [2.24, 2.45) is 7.05 Å². The Morgan fingerprint density at radius 1 is 1.37 bits per heavy atom. The molecule has 0 atom stereocenters. The van der Waals surface area contributed by atoms with Crippen molar-refractivity contribution in [1.29, 1.82) is 0 Å². The van der Waals surface area contributed by atoms with Crippen LogP contribution in [0.2, 0.25) is 0 Å². The summed E-state index contributed by atoms with van der Waals surface area (Å²) in [5.74, 6) is 0.463. The molecule has 3 rings (SSSR count). The predicted octanol–water partition coefficient (Wildman–Crippen LogP) is 1.41. The molecule has 6 nitrogen and oxygen atoms in total. The summed E-state index contributed by atoms with van der Waals surface area (Å²) in [5.41, 5.74) is 0.987. The van der Waals surface area contributed by atoms with Gasteiger partial charge in [-0.3, -0.25) is 9.48 Å². The van der Waals surface area contributed by atoms with Crippen molar-refractivity contribution < 1.29 is 4.79 Å². The lowest BCUT2D eigenvalue weighted by Gasteiger charge is -2.03. The van der Waals surface area contributed by atoms with Crippen LogP contribution in [0.15, 0.2) is 43.0 Å². The van der Waals surface area contributed by atoms with Crippen LogP contribution >= 0.6 is 0 Å². The third kappa shape index (κ3) is 2.20. The van der Waals surface area contributed by atoms with Crippen molar-refractivity contribution in [3.63, 3.8) is 0 Å². The first-order valence-electron chi connectivity index (χ1n) is 5.91. The van der Waals surface area contributed by atoms with Gasteiger partial charge < -0.3 is 9.88 Å². The number of aromatic nitrogens is 4. The van der Waals surface area contributed by atoms with Gasteiger partial charge in [0.25, 0.3) is 0 Å². The number of hydrogen-bond acceptors (Lipinski definition) is 3. The first-order valence-corrected chi connectivity index (χ1v) is 5.91. The third-order valence-corrected chi connectivity index (χ3v) is 2.90. The molecule has 1 amide bonds. The van der Waals surface area contributed by atoms with Crippen molar-refractivity contribution in [2.75, 3.05) is 5.32 Å². The molecule has 0 aliphatic carbocycles. The van der Waals surface area contributed by atoms with Crippen molar-refractivity contribution >= 4 is 22.6 Å². The molecule has 0 radical (unpaired) electrons. The summed E-state index contributed by atoms with van der Waals surface area (Å²) in [7, 11) is 1.86. The average Bonchev–Trinajstić information content (AvgIpc) is 3.00. The molecule has 2 heterocycles. The number of benzene rings is 1. The summed E-state index contributed by atoms with van der Waals surface area (Å²) in [4.78, 5) is 15.8. The van der Waals surface area contributed by atoms with Crippen LogP contribution < -0.4 is 5.32 Å². The summed E-state index contributed by atoms with van der Waals surface area (Å²) < 4.78 is 3.46. The van der Waals surface area contributed by atoms with Crippen LogP contribution in [0.25, 0.3) is 10.9 Å². The molecule has 2 aromatic heterocycles. The van der Waals surface area contributed by atoms with Crippen LogP contribution in [-0.4, -0.2) is 25.2 Å². The maximum absolute atomic E-state index is 11.9. The second-order valence-corrected chi connectivity index (χ2v) is 4.27. The second kappa shape index (κ2) is 4.56. The molecule has 1 aromatic carbocycles. The van der Waals surface area contributed by atoms with Gasteiger partial charge in [-0.1, -0.05) is 12.1 Å². The topological polar surface area (TPSA) is 64.7 Å². The molecule has 0 saturated heterocycles. The highest BCUT2D eigenvalue weighted by atomic mass is 16.2. The zero-order valence-corrected chi connectivity index (χ0v) is 10.4. The SMILES string of the molecule is Cn1nc(NC(=O)Cn2ccnc2)c2ccccc21. The summed E-state index contributed by atoms with van der Waals surface area (Å²) in [6.45, 7) is 0.227. The highest BCUT2D eigenvalue weighted by molar-refractivity contribution is 5.99. The molecule has 0 fully saturated rings. The molecule has 0 bridgehead atoms. The Bertz CT molecular complexity index is 714. The van der Waals surface area contributed by atoms with E-state index in [-0.39, 0.29) is 12.5 Å². The fraction of sp³-hybridized carbons (Fsp3) is 0.154. The zero-order valence-electron chi connectivity index (χ0n) is 10.4. The Hall–Kier alpha value is -2.63. The van der Waals surface area contributed by atoms with Gasteiger partial charge in [-0.25, -0.2) is 4.98 Å². The smallest absolute Gasteiger partial charge is 0.245 e.